The number of hydrogen-bond donors (Lipinski definition) is 2. The third-order valence-electron chi connectivity index (χ3n) is 4.49. The second-order valence-corrected chi connectivity index (χ2v) is 7.92. The summed E-state index contributed by atoms with van der Waals surface area (Å²) in [6, 6.07) is 16.3. The lowest BCUT2D eigenvalue weighted by Crippen LogP contribution is -2.23. The van der Waals surface area contributed by atoms with Crippen LogP contribution in [0.1, 0.15) is 47.8 Å². The molecule has 3 aromatic rings. The zero-order valence-corrected chi connectivity index (χ0v) is 16.8. The smallest absolute Gasteiger partial charge is 0.254 e. The molecule has 0 bridgehead atoms. The molecule has 2 N–H and O–H groups in total. The highest BCUT2D eigenvalue weighted by Crippen LogP contribution is 2.24. The molecule has 28 heavy (non-hydrogen) atoms. The first kappa shape index (κ1) is 19.5. The van der Waals surface area contributed by atoms with E-state index in [1.165, 1.54) is 23.5 Å². The third-order valence-corrected chi connectivity index (χ3v) is 4.49. The van der Waals surface area contributed by atoms with Crippen LogP contribution >= 0.6 is 0 Å². The first-order valence-corrected chi connectivity index (χ1v) is 9.34. The molecule has 1 heterocycles. The van der Waals surface area contributed by atoms with Crippen LogP contribution in [0.3, 0.4) is 0 Å². The van der Waals surface area contributed by atoms with Gasteiger partial charge in [-0.15, -0.1) is 0 Å². The molecule has 0 aliphatic rings. The summed E-state index contributed by atoms with van der Waals surface area (Å²) < 4.78 is 0. The first-order chi connectivity index (χ1) is 13.3. The molecule has 3 rings (SSSR count). The van der Waals surface area contributed by atoms with Crippen molar-refractivity contribution < 1.29 is 4.79 Å². The van der Waals surface area contributed by atoms with Crippen LogP contribution in [0.4, 0.5) is 11.6 Å². The molecule has 144 valence electrons. The van der Waals surface area contributed by atoms with Crippen LogP contribution in [0.2, 0.25) is 0 Å². The lowest BCUT2D eigenvalue weighted by molar-refractivity contribution is 0.0950. The lowest BCUT2D eigenvalue weighted by Gasteiger charge is -2.19. The molecule has 0 aliphatic heterocycles. The Labute approximate surface area is 166 Å². The van der Waals surface area contributed by atoms with Crippen LogP contribution in [0.5, 0.6) is 0 Å². The van der Waals surface area contributed by atoms with Crippen molar-refractivity contribution in [3.8, 4) is 0 Å². The van der Waals surface area contributed by atoms with Gasteiger partial charge in [0.05, 0.1) is 5.56 Å². The zero-order valence-electron chi connectivity index (χ0n) is 16.8. The van der Waals surface area contributed by atoms with Crippen LogP contribution in [0.15, 0.2) is 60.9 Å². The Morgan fingerprint density at radius 1 is 0.929 bits per heavy atom. The van der Waals surface area contributed by atoms with Crippen molar-refractivity contribution in [1.29, 1.82) is 0 Å². The average Bonchev–Trinajstić information content (AvgIpc) is 2.67. The Hall–Kier alpha value is -3.21. The molecule has 0 unspecified atom stereocenters. The minimum absolute atomic E-state index is 0.114. The van der Waals surface area contributed by atoms with Crippen molar-refractivity contribution in [3.63, 3.8) is 0 Å². The number of benzene rings is 2. The minimum atomic E-state index is -0.193. The summed E-state index contributed by atoms with van der Waals surface area (Å²) in [7, 11) is 0. The van der Waals surface area contributed by atoms with Gasteiger partial charge in [-0.05, 0) is 35.6 Å². The Morgan fingerprint density at radius 3 is 2.11 bits per heavy atom. The maximum Gasteiger partial charge on any atom is 0.254 e. The minimum Gasteiger partial charge on any atom is -0.348 e. The standard InChI is InChI=1S/C23H26N4O/c1-16-5-7-17(8-6-16)13-24-21(28)18-14-25-22(26-15-18)27-20-11-9-19(10-12-20)23(2,3)4/h5-12,14-15H,13H2,1-4H3,(H,24,28)(H,25,26,27). The van der Waals surface area contributed by atoms with Gasteiger partial charge in [-0.2, -0.15) is 0 Å². The first-order valence-electron chi connectivity index (χ1n) is 9.34. The van der Waals surface area contributed by atoms with E-state index in [4.69, 9.17) is 0 Å². The molecule has 0 spiro atoms. The molecule has 2 aromatic carbocycles. The van der Waals surface area contributed by atoms with Gasteiger partial charge in [0.15, 0.2) is 0 Å². The quantitative estimate of drug-likeness (QED) is 0.676. The SMILES string of the molecule is Cc1ccc(CNC(=O)c2cnc(Nc3ccc(C(C)(C)C)cc3)nc2)cc1. The van der Waals surface area contributed by atoms with Crippen molar-refractivity contribution in [3.05, 3.63) is 83.2 Å². The molecule has 1 amide bonds. The Bertz CT molecular complexity index is 924. The number of carbonyl (C=O) groups excluding carboxylic acids is 1. The predicted molar refractivity (Wildman–Crippen MR) is 113 cm³/mol. The van der Waals surface area contributed by atoms with Gasteiger partial charge in [-0.25, -0.2) is 9.97 Å². The van der Waals surface area contributed by atoms with Crippen LogP contribution in [-0.2, 0) is 12.0 Å². The maximum absolute atomic E-state index is 12.3. The molecule has 0 saturated heterocycles. The van der Waals surface area contributed by atoms with Crippen molar-refractivity contribution in [2.45, 2.75) is 39.7 Å². The van der Waals surface area contributed by atoms with E-state index in [1.54, 1.807) is 0 Å². The van der Waals surface area contributed by atoms with E-state index < -0.39 is 0 Å². The van der Waals surface area contributed by atoms with E-state index in [0.29, 0.717) is 18.1 Å². The van der Waals surface area contributed by atoms with Gasteiger partial charge in [-0.3, -0.25) is 4.79 Å². The molecule has 0 aliphatic carbocycles. The van der Waals surface area contributed by atoms with E-state index in [1.807, 2.05) is 43.3 Å². The van der Waals surface area contributed by atoms with E-state index in [-0.39, 0.29) is 11.3 Å². The van der Waals surface area contributed by atoms with Crippen molar-refractivity contribution >= 4 is 17.5 Å². The normalized spacial score (nSPS) is 11.1. The molecule has 1 aromatic heterocycles. The summed E-state index contributed by atoms with van der Waals surface area (Å²) in [6.07, 6.45) is 3.06. The van der Waals surface area contributed by atoms with Crippen molar-refractivity contribution in [2.24, 2.45) is 0 Å². The Morgan fingerprint density at radius 2 is 1.54 bits per heavy atom. The lowest BCUT2D eigenvalue weighted by atomic mass is 9.87. The number of anilines is 2. The molecule has 0 atom stereocenters. The Kier molecular flexibility index (Phi) is 5.73. The molecule has 5 nitrogen and oxygen atoms in total. The summed E-state index contributed by atoms with van der Waals surface area (Å²) in [5.74, 6) is 0.264. The summed E-state index contributed by atoms with van der Waals surface area (Å²) >= 11 is 0. The van der Waals surface area contributed by atoms with Gasteiger partial charge >= 0.3 is 0 Å². The predicted octanol–water partition coefficient (Wildman–Crippen LogP) is 4.76. The van der Waals surface area contributed by atoms with Crippen molar-refractivity contribution in [1.82, 2.24) is 15.3 Å². The summed E-state index contributed by atoms with van der Waals surface area (Å²) in [4.78, 5) is 20.8. The fraction of sp³-hybridized carbons (Fsp3) is 0.261. The third kappa shape index (κ3) is 5.16. The molecule has 0 radical (unpaired) electrons. The topological polar surface area (TPSA) is 66.9 Å². The van der Waals surface area contributed by atoms with Crippen LogP contribution < -0.4 is 10.6 Å². The van der Waals surface area contributed by atoms with E-state index in [9.17, 15) is 4.79 Å². The van der Waals surface area contributed by atoms with Gasteiger partial charge in [-0.1, -0.05) is 62.7 Å². The maximum atomic E-state index is 12.3. The number of aryl methyl sites for hydroxylation is 1. The molecular weight excluding hydrogens is 348 g/mol. The highest BCUT2D eigenvalue weighted by atomic mass is 16.1. The highest BCUT2D eigenvalue weighted by Gasteiger charge is 2.13. The molecule has 0 fully saturated rings. The highest BCUT2D eigenvalue weighted by molar-refractivity contribution is 5.93. The molecule has 5 heteroatoms. The van der Waals surface area contributed by atoms with Gasteiger partial charge in [0.2, 0.25) is 5.95 Å². The summed E-state index contributed by atoms with van der Waals surface area (Å²) in [5, 5.41) is 6.04. The largest absolute Gasteiger partial charge is 0.348 e. The number of nitrogens with zero attached hydrogens (tertiary/aromatic N) is 2. The van der Waals surface area contributed by atoms with Crippen LogP contribution in [0.25, 0.3) is 0 Å². The van der Waals surface area contributed by atoms with Crippen LogP contribution in [-0.4, -0.2) is 15.9 Å². The number of aromatic nitrogens is 2. The average molecular weight is 374 g/mol. The number of rotatable bonds is 5. The van der Waals surface area contributed by atoms with Gasteiger partial charge in [0, 0.05) is 24.6 Å². The second kappa shape index (κ2) is 8.21. The van der Waals surface area contributed by atoms with Gasteiger partial charge in [0.1, 0.15) is 0 Å². The number of amides is 1. The van der Waals surface area contributed by atoms with E-state index in [2.05, 4.69) is 53.5 Å². The summed E-state index contributed by atoms with van der Waals surface area (Å²) in [6.45, 7) is 9.05. The zero-order chi connectivity index (χ0) is 20.1. The molecular formula is C23H26N4O. The van der Waals surface area contributed by atoms with Crippen LogP contribution in [0, 0.1) is 6.92 Å². The Balaban J connectivity index is 1.58. The van der Waals surface area contributed by atoms with Gasteiger partial charge < -0.3 is 10.6 Å². The monoisotopic (exact) mass is 374 g/mol. The second-order valence-electron chi connectivity index (χ2n) is 7.92. The van der Waals surface area contributed by atoms with E-state index >= 15 is 0 Å². The fourth-order valence-electron chi connectivity index (χ4n) is 2.68. The van der Waals surface area contributed by atoms with Crippen molar-refractivity contribution in [2.75, 3.05) is 5.32 Å². The number of nitrogens with one attached hydrogen (secondary N) is 2. The number of hydrogen-bond acceptors (Lipinski definition) is 4. The molecule has 0 saturated carbocycles. The fourth-order valence-corrected chi connectivity index (χ4v) is 2.68. The summed E-state index contributed by atoms with van der Waals surface area (Å²) in [5.41, 5.74) is 4.96. The van der Waals surface area contributed by atoms with E-state index in [0.717, 1.165) is 11.3 Å². The number of carbonyl (C=O) groups is 1. The van der Waals surface area contributed by atoms with Gasteiger partial charge in [0.25, 0.3) is 5.91 Å².